The highest BCUT2D eigenvalue weighted by molar-refractivity contribution is 7.07. The first-order valence-electron chi connectivity index (χ1n) is 5.15. The fourth-order valence-electron chi connectivity index (χ4n) is 1.19. The van der Waals surface area contributed by atoms with E-state index in [1.807, 2.05) is 16.8 Å². The summed E-state index contributed by atoms with van der Waals surface area (Å²) in [5.41, 5.74) is 1.02. The van der Waals surface area contributed by atoms with E-state index in [0.717, 1.165) is 12.1 Å². The summed E-state index contributed by atoms with van der Waals surface area (Å²) in [4.78, 5) is 0. The first-order valence-corrected chi connectivity index (χ1v) is 6.09. The number of thiophene rings is 1. The Hall–Kier alpha value is -0.380. The smallest absolute Gasteiger partial charge is 0.0922 e. The van der Waals surface area contributed by atoms with Crippen molar-refractivity contribution in [1.29, 1.82) is 0 Å². The molecule has 0 aliphatic rings. The third-order valence-electron chi connectivity index (χ3n) is 2.46. The van der Waals surface area contributed by atoms with Gasteiger partial charge in [0.15, 0.2) is 0 Å². The van der Waals surface area contributed by atoms with Crippen LogP contribution in [0.1, 0.15) is 31.9 Å². The Kier molecular flexibility index (Phi) is 5.15. The van der Waals surface area contributed by atoms with Gasteiger partial charge >= 0.3 is 0 Å². The Morgan fingerprint density at radius 3 is 2.86 bits per heavy atom. The number of rotatable bonds is 6. The van der Waals surface area contributed by atoms with Crippen molar-refractivity contribution < 1.29 is 5.11 Å². The van der Waals surface area contributed by atoms with Gasteiger partial charge < -0.3 is 10.4 Å². The van der Waals surface area contributed by atoms with Gasteiger partial charge in [-0.05, 0) is 34.9 Å². The minimum Gasteiger partial charge on any atom is -0.387 e. The lowest BCUT2D eigenvalue weighted by molar-refractivity contribution is 0.173. The van der Waals surface area contributed by atoms with E-state index in [1.54, 1.807) is 11.3 Å². The Bertz CT molecular complexity index is 235. The lowest BCUT2D eigenvalue weighted by Gasteiger charge is -2.13. The zero-order valence-electron chi connectivity index (χ0n) is 8.86. The van der Waals surface area contributed by atoms with E-state index in [1.165, 1.54) is 6.42 Å². The standard InChI is InChI=1S/C11H19NOS/c1-3-9(2)6-12-7-11(13)10-4-5-14-8-10/h4-5,8-9,11-13H,3,6-7H2,1-2H3. The van der Waals surface area contributed by atoms with Gasteiger partial charge in [-0.25, -0.2) is 0 Å². The molecule has 1 aromatic rings. The van der Waals surface area contributed by atoms with Crippen molar-refractivity contribution >= 4 is 11.3 Å². The molecule has 0 bridgehead atoms. The van der Waals surface area contributed by atoms with E-state index in [-0.39, 0.29) is 6.10 Å². The van der Waals surface area contributed by atoms with E-state index in [9.17, 15) is 5.11 Å². The monoisotopic (exact) mass is 213 g/mol. The third kappa shape index (κ3) is 3.78. The summed E-state index contributed by atoms with van der Waals surface area (Å²) in [5.74, 6) is 0.685. The average Bonchev–Trinajstić information content (AvgIpc) is 2.70. The largest absolute Gasteiger partial charge is 0.387 e. The molecule has 0 aromatic carbocycles. The molecule has 1 heterocycles. The maximum Gasteiger partial charge on any atom is 0.0922 e. The van der Waals surface area contributed by atoms with Crippen LogP contribution in [0.5, 0.6) is 0 Å². The molecule has 1 rings (SSSR count). The van der Waals surface area contributed by atoms with Crippen LogP contribution in [0.15, 0.2) is 16.8 Å². The molecule has 2 unspecified atom stereocenters. The van der Waals surface area contributed by atoms with Crippen molar-refractivity contribution in [1.82, 2.24) is 5.32 Å². The van der Waals surface area contributed by atoms with Crippen LogP contribution in [0, 0.1) is 5.92 Å². The normalized spacial score (nSPS) is 15.4. The molecule has 2 nitrogen and oxygen atoms in total. The molecular formula is C11H19NOS. The Morgan fingerprint density at radius 1 is 1.50 bits per heavy atom. The zero-order chi connectivity index (χ0) is 10.4. The molecule has 0 aliphatic carbocycles. The van der Waals surface area contributed by atoms with Gasteiger partial charge in [-0.1, -0.05) is 20.3 Å². The van der Waals surface area contributed by atoms with Gasteiger partial charge in [-0.3, -0.25) is 0 Å². The molecule has 14 heavy (non-hydrogen) atoms. The van der Waals surface area contributed by atoms with Crippen LogP contribution in [-0.4, -0.2) is 18.2 Å². The van der Waals surface area contributed by atoms with Crippen LogP contribution >= 0.6 is 11.3 Å². The summed E-state index contributed by atoms with van der Waals surface area (Å²) >= 11 is 1.62. The first kappa shape index (κ1) is 11.7. The van der Waals surface area contributed by atoms with Crippen LogP contribution in [0.25, 0.3) is 0 Å². The highest BCUT2D eigenvalue weighted by Crippen LogP contribution is 2.15. The molecular weight excluding hydrogens is 194 g/mol. The molecule has 2 atom stereocenters. The van der Waals surface area contributed by atoms with Crippen molar-refractivity contribution in [2.45, 2.75) is 26.4 Å². The number of aliphatic hydroxyl groups is 1. The molecule has 0 amide bonds. The highest BCUT2D eigenvalue weighted by Gasteiger charge is 2.07. The minimum absolute atomic E-state index is 0.356. The molecule has 0 spiro atoms. The number of hydrogen-bond acceptors (Lipinski definition) is 3. The maximum absolute atomic E-state index is 9.74. The van der Waals surface area contributed by atoms with Crippen LogP contribution in [0.4, 0.5) is 0 Å². The highest BCUT2D eigenvalue weighted by atomic mass is 32.1. The van der Waals surface area contributed by atoms with Crippen molar-refractivity contribution in [3.8, 4) is 0 Å². The zero-order valence-corrected chi connectivity index (χ0v) is 9.68. The van der Waals surface area contributed by atoms with Crippen molar-refractivity contribution in [3.63, 3.8) is 0 Å². The Balaban J connectivity index is 2.19. The van der Waals surface area contributed by atoms with E-state index in [2.05, 4.69) is 19.2 Å². The fourth-order valence-corrected chi connectivity index (χ4v) is 1.90. The molecule has 3 heteroatoms. The lowest BCUT2D eigenvalue weighted by Crippen LogP contribution is -2.25. The van der Waals surface area contributed by atoms with Gasteiger partial charge in [0.05, 0.1) is 6.10 Å². The van der Waals surface area contributed by atoms with E-state index >= 15 is 0 Å². The number of hydrogen-bond donors (Lipinski definition) is 2. The molecule has 0 aliphatic heterocycles. The fraction of sp³-hybridized carbons (Fsp3) is 0.636. The second-order valence-electron chi connectivity index (χ2n) is 3.74. The van der Waals surface area contributed by atoms with Crippen LogP contribution < -0.4 is 5.32 Å². The Morgan fingerprint density at radius 2 is 2.29 bits per heavy atom. The Labute approximate surface area is 90.0 Å². The average molecular weight is 213 g/mol. The van der Waals surface area contributed by atoms with E-state index < -0.39 is 0 Å². The van der Waals surface area contributed by atoms with Gasteiger partial charge in [-0.15, -0.1) is 0 Å². The molecule has 0 saturated heterocycles. The predicted molar refractivity (Wildman–Crippen MR) is 61.6 cm³/mol. The summed E-state index contributed by atoms with van der Waals surface area (Å²) in [7, 11) is 0. The lowest BCUT2D eigenvalue weighted by atomic mass is 10.1. The number of nitrogens with one attached hydrogen (secondary N) is 1. The van der Waals surface area contributed by atoms with Gasteiger partial charge in [-0.2, -0.15) is 11.3 Å². The number of aliphatic hydroxyl groups excluding tert-OH is 1. The van der Waals surface area contributed by atoms with Crippen molar-refractivity contribution in [2.75, 3.05) is 13.1 Å². The maximum atomic E-state index is 9.74. The molecule has 0 saturated carbocycles. The van der Waals surface area contributed by atoms with Gasteiger partial charge in [0.25, 0.3) is 0 Å². The molecule has 1 aromatic heterocycles. The summed E-state index contributed by atoms with van der Waals surface area (Å²) in [6.07, 6.45) is 0.826. The van der Waals surface area contributed by atoms with Crippen molar-refractivity contribution in [3.05, 3.63) is 22.4 Å². The molecule has 80 valence electrons. The van der Waals surface area contributed by atoms with Gasteiger partial charge in [0.2, 0.25) is 0 Å². The third-order valence-corrected chi connectivity index (χ3v) is 3.16. The summed E-state index contributed by atoms with van der Waals surface area (Å²) in [6.45, 7) is 6.03. The van der Waals surface area contributed by atoms with Crippen LogP contribution in [0.2, 0.25) is 0 Å². The van der Waals surface area contributed by atoms with Gasteiger partial charge in [0, 0.05) is 6.54 Å². The predicted octanol–water partition coefficient (Wildman–Crippen LogP) is 2.42. The summed E-state index contributed by atoms with van der Waals surface area (Å²) < 4.78 is 0. The van der Waals surface area contributed by atoms with Crippen LogP contribution in [0.3, 0.4) is 0 Å². The topological polar surface area (TPSA) is 32.3 Å². The summed E-state index contributed by atoms with van der Waals surface area (Å²) in [5, 5.41) is 17.0. The van der Waals surface area contributed by atoms with E-state index in [0.29, 0.717) is 12.5 Å². The first-order chi connectivity index (χ1) is 6.74. The summed E-state index contributed by atoms with van der Waals surface area (Å²) in [6, 6.07) is 1.97. The van der Waals surface area contributed by atoms with Crippen LogP contribution in [-0.2, 0) is 0 Å². The second-order valence-corrected chi connectivity index (χ2v) is 4.52. The quantitative estimate of drug-likeness (QED) is 0.760. The molecule has 2 N–H and O–H groups in total. The van der Waals surface area contributed by atoms with Gasteiger partial charge in [0.1, 0.15) is 0 Å². The van der Waals surface area contributed by atoms with E-state index in [4.69, 9.17) is 0 Å². The second kappa shape index (κ2) is 6.17. The minimum atomic E-state index is -0.356. The molecule has 0 radical (unpaired) electrons. The SMILES string of the molecule is CCC(C)CNCC(O)c1ccsc1. The van der Waals surface area contributed by atoms with Crippen molar-refractivity contribution in [2.24, 2.45) is 5.92 Å². The molecule has 0 fully saturated rings.